The van der Waals surface area contributed by atoms with Gasteiger partial charge in [-0.05, 0) is 48.9 Å². The van der Waals surface area contributed by atoms with E-state index in [1.54, 1.807) is 18.3 Å². The van der Waals surface area contributed by atoms with Gasteiger partial charge in [0.15, 0.2) is 0 Å². The Morgan fingerprint density at radius 3 is 2.50 bits per heavy atom. The Morgan fingerprint density at radius 2 is 1.83 bits per heavy atom. The summed E-state index contributed by atoms with van der Waals surface area (Å²) in [5, 5.41) is 10.1. The first kappa shape index (κ1) is 16.7. The second-order valence-corrected chi connectivity index (χ2v) is 7.50. The molecule has 0 amide bonds. The molecule has 7 heteroatoms. The number of nitrogens with two attached hydrogens (primary N) is 1. The summed E-state index contributed by atoms with van der Waals surface area (Å²) >= 11 is 6.00. The predicted molar refractivity (Wildman–Crippen MR) is 96.6 cm³/mol. The Bertz CT molecular complexity index is 988. The fraction of sp³-hybridized carbons (Fsp3) is 0.118. The van der Waals surface area contributed by atoms with Crippen molar-refractivity contribution in [3.63, 3.8) is 0 Å². The van der Waals surface area contributed by atoms with E-state index in [0.717, 1.165) is 22.2 Å². The molecule has 1 aromatic heterocycles. The van der Waals surface area contributed by atoms with Crippen LogP contribution in [-0.4, -0.2) is 13.4 Å². The number of primary sulfonamides is 1. The first-order valence-electron chi connectivity index (χ1n) is 7.28. The first-order chi connectivity index (χ1) is 11.3. The molecule has 5 nitrogen and oxygen atoms in total. The van der Waals surface area contributed by atoms with Crippen LogP contribution in [0, 0.1) is 0 Å². The molecule has 0 bridgehead atoms. The van der Waals surface area contributed by atoms with Crippen LogP contribution in [0.5, 0.6) is 0 Å². The summed E-state index contributed by atoms with van der Waals surface area (Å²) in [5.74, 6) is 0. The number of nitrogens with one attached hydrogen (secondary N) is 1. The van der Waals surface area contributed by atoms with Crippen LogP contribution >= 0.6 is 11.6 Å². The second kappa shape index (κ2) is 6.39. The Hall–Kier alpha value is -2.15. The van der Waals surface area contributed by atoms with Gasteiger partial charge in [-0.25, -0.2) is 13.6 Å². The molecule has 0 radical (unpaired) electrons. The summed E-state index contributed by atoms with van der Waals surface area (Å²) in [6.45, 7) is 1.99. The average Bonchev–Trinajstić information content (AvgIpc) is 2.54. The monoisotopic (exact) mass is 361 g/mol. The third kappa shape index (κ3) is 3.51. The molecule has 0 unspecified atom stereocenters. The van der Waals surface area contributed by atoms with E-state index in [9.17, 15) is 8.42 Å². The predicted octanol–water partition coefficient (Wildman–Crippen LogP) is 3.71. The van der Waals surface area contributed by atoms with Crippen molar-refractivity contribution >= 4 is 38.2 Å². The molecule has 124 valence electrons. The van der Waals surface area contributed by atoms with Crippen LogP contribution in [-0.2, 0) is 10.0 Å². The number of rotatable bonds is 4. The zero-order valence-electron chi connectivity index (χ0n) is 12.9. The smallest absolute Gasteiger partial charge is 0.238 e. The van der Waals surface area contributed by atoms with E-state index in [-0.39, 0.29) is 10.9 Å². The SMILES string of the molecule is C[C@H](Nc1ccnc2cc(Cl)ccc12)c1ccc(S(N)(=O)=O)cc1. The Balaban J connectivity index is 1.88. The zero-order valence-corrected chi connectivity index (χ0v) is 14.5. The highest BCUT2D eigenvalue weighted by atomic mass is 35.5. The summed E-state index contributed by atoms with van der Waals surface area (Å²) < 4.78 is 22.6. The maximum atomic E-state index is 11.3. The molecule has 0 aliphatic heterocycles. The fourth-order valence-corrected chi connectivity index (χ4v) is 3.19. The number of nitrogens with zero attached hydrogens (tertiary/aromatic N) is 1. The number of hydrogen-bond acceptors (Lipinski definition) is 4. The lowest BCUT2D eigenvalue weighted by atomic mass is 10.1. The number of benzene rings is 2. The Labute approximate surface area is 145 Å². The van der Waals surface area contributed by atoms with Gasteiger partial charge in [-0.15, -0.1) is 0 Å². The molecule has 24 heavy (non-hydrogen) atoms. The molecule has 0 aliphatic carbocycles. The third-order valence-electron chi connectivity index (χ3n) is 3.79. The van der Waals surface area contributed by atoms with Gasteiger partial charge in [-0.3, -0.25) is 4.98 Å². The van der Waals surface area contributed by atoms with E-state index in [2.05, 4.69) is 10.3 Å². The number of fused-ring (bicyclic) bond motifs is 1. The van der Waals surface area contributed by atoms with Gasteiger partial charge in [0.2, 0.25) is 10.0 Å². The van der Waals surface area contributed by atoms with Gasteiger partial charge in [-0.1, -0.05) is 23.7 Å². The number of aromatic nitrogens is 1. The van der Waals surface area contributed by atoms with Crippen molar-refractivity contribution in [3.8, 4) is 0 Å². The summed E-state index contributed by atoms with van der Waals surface area (Å²) in [6, 6.07) is 13.9. The summed E-state index contributed by atoms with van der Waals surface area (Å²) in [4.78, 5) is 4.42. The lowest BCUT2D eigenvalue weighted by Gasteiger charge is -2.17. The quantitative estimate of drug-likeness (QED) is 0.741. The molecule has 0 fully saturated rings. The lowest BCUT2D eigenvalue weighted by molar-refractivity contribution is 0.597. The van der Waals surface area contributed by atoms with Crippen LogP contribution in [0.3, 0.4) is 0 Å². The lowest BCUT2D eigenvalue weighted by Crippen LogP contribution is -2.12. The van der Waals surface area contributed by atoms with E-state index < -0.39 is 10.0 Å². The van der Waals surface area contributed by atoms with Crippen molar-refractivity contribution in [1.29, 1.82) is 0 Å². The van der Waals surface area contributed by atoms with Gasteiger partial charge < -0.3 is 5.32 Å². The van der Waals surface area contributed by atoms with E-state index in [1.807, 2.05) is 31.2 Å². The first-order valence-corrected chi connectivity index (χ1v) is 9.20. The van der Waals surface area contributed by atoms with Crippen molar-refractivity contribution in [2.24, 2.45) is 5.14 Å². The number of hydrogen-bond donors (Lipinski definition) is 2. The van der Waals surface area contributed by atoms with Crippen molar-refractivity contribution in [2.45, 2.75) is 17.9 Å². The number of anilines is 1. The highest BCUT2D eigenvalue weighted by molar-refractivity contribution is 7.89. The van der Waals surface area contributed by atoms with Gasteiger partial charge >= 0.3 is 0 Å². The minimum Gasteiger partial charge on any atom is -0.378 e. The molecule has 1 atom stereocenters. The van der Waals surface area contributed by atoms with Crippen LogP contribution in [0.4, 0.5) is 5.69 Å². The second-order valence-electron chi connectivity index (χ2n) is 5.50. The molecule has 1 heterocycles. The van der Waals surface area contributed by atoms with Crippen molar-refractivity contribution in [1.82, 2.24) is 4.98 Å². The maximum Gasteiger partial charge on any atom is 0.238 e. The topological polar surface area (TPSA) is 85.1 Å². The van der Waals surface area contributed by atoms with Gasteiger partial charge in [0, 0.05) is 28.3 Å². The van der Waals surface area contributed by atoms with E-state index >= 15 is 0 Å². The maximum absolute atomic E-state index is 11.3. The van der Waals surface area contributed by atoms with Crippen LogP contribution in [0.2, 0.25) is 5.02 Å². The van der Waals surface area contributed by atoms with Gasteiger partial charge in [0.1, 0.15) is 0 Å². The van der Waals surface area contributed by atoms with Crippen molar-refractivity contribution < 1.29 is 8.42 Å². The van der Waals surface area contributed by atoms with Crippen LogP contribution in [0.1, 0.15) is 18.5 Å². The van der Waals surface area contributed by atoms with E-state index in [0.29, 0.717) is 5.02 Å². The minimum absolute atomic E-state index is 0.0270. The number of halogens is 1. The average molecular weight is 362 g/mol. The Morgan fingerprint density at radius 1 is 1.12 bits per heavy atom. The molecule has 2 aromatic carbocycles. The standard InChI is InChI=1S/C17H16ClN3O2S/c1-11(12-2-5-14(6-3-12)24(19,22)23)21-16-8-9-20-17-10-13(18)4-7-15(16)17/h2-11H,1H3,(H,20,21)(H2,19,22,23)/t11-/m0/s1. The Kier molecular flexibility index (Phi) is 4.45. The molecule has 0 saturated heterocycles. The van der Waals surface area contributed by atoms with Gasteiger partial charge in [-0.2, -0.15) is 0 Å². The molecule has 3 aromatic rings. The summed E-state index contributed by atoms with van der Waals surface area (Å²) in [7, 11) is -3.68. The van der Waals surface area contributed by atoms with Crippen molar-refractivity contribution in [2.75, 3.05) is 5.32 Å². The summed E-state index contributed by atoms with van der Waals surface area (Å²) in [6.07, 6.45) is 1.72. The van der Waals surface area contributed by atoms with Crippen LogP contribution in [0.15, 0.2) is 59.6 Å². The largest absolute Gasteiger partial charge is 0.378 e. The van der Waals surface area contributed by atoms with Crippen LogP contribution < -0.4 is 10.5 Å². The minimum atomic E-state index is -3.68. The van der Waals surface area contributed by atoms with E-state index in [4.69, 9.17) is 16.7 Å². The zero-order chi connectivity index (χ0) is 17.3. The molecular formula is C17H16ClN3O2S. The molecule has 3 N–H and O–H groups in total. The normalized spacial score (nSPS) is 13.0. The molecule has 0 saturated carbocycles. The molecule has 0 spiro atoms. The molecule has 0 aliphatic rings. The van der Waals surface area contributed by atoms with Crippen LogP contribution in [0.25, 0.3) is 10.9 Å². The van der Waals surface area contributed by atoms with Crippen molar-refractivity contribution in [3.05, 3.63) is 65.3 Å². The highest BCUT2D eigenvalue weighted by Crippen LogP contribution is 2.28. The molecular weight excluding hydrogens is 346 g/mol. The highest BCUT2D eigenvalue weighted by Gasteiger charge is 2.11. The molecule has 3 rings (SSSR count). The number of pyridine rings is 1. The van der Waals surface area contributed by atoms with Gasteiger partial charge in [0.05, 0.1) is 10.4 Å². The summed E-state index contributed by atoms with van der Waals surface area (Å²) in [5.41, 5.74) is 2.69. The van der Waals surface area contributed by atoms with E-state index in [1.165, 1.54) is 12.1 Å². The number of sulfonamides is 1. The van der Waals surface area contributed by atoms with Gasteiger partial charge in [0.25, 0.3) is 0 Å². The third-order valence-corrected chi connectivity index (χ3v) is 4.95. The fourth-order valence-electron chi connectivity index (χ4n) is 2.51.